The van der Waals surface area contributed by atoms with Gasteiger partial charge < -0.3 is 19.5 Å². The number of carbonyl (C=O) groups excluding carboxylic acids is 3. The van der Waals surface area contributed by atoms with E-state index in [0.717, 1.165) is 6.08 Å². The minimum atomic E-state index is -0.662. The van der Waals surface area contributed by atoms with Crippen LogP contribution in [0.2, 0.25) is 0 Å². The quantitative estimate of drug-likeness (QED) is 0.313. The second-order valence-electron chi connectivity index (χ2n) is 3.36. The lowest BCUT2D eigenvalue weighted by Gasteiger charge is -2.09. The van der Waals surface area contributed by atoms with Crippen LogP contribution in [0.5, 0.6) is 0 Å². The molecule has 0 amide bonds. The van der Waals surface area contributed by atoms with Gasteiger partial charge in [0.05, 0.1) is 26.9 Å². The average molecular weight is 271 g/mol. The van der Waals surface area contributed by atoms with Gasteiger partial charge in [-0.05, 0) is 13.0 Å². The highest BCUT2D eigenvalue weighted by atomic mass is 16.5. The number of rotatable bonds is 6. The van der Waals surface area contributed by atoms with Crippen LogP contribution >= 0.6 is 0 Å². The van der Waals surface area contributed by atoms with E-state index < -0.39 is 23.9 Å². The fourth-order valence-electron chi connectivity index (χ4n) is 0.978. The first-order valence-corrected chi connectivity index (χ1v) is 5.34. The van der Waals surface area contributed by atoms with Crippen LogP contribution in [-0.2, 0) is 28.6 Å². The molecular weight excluding hydrogens is 254 g/mol. The first-order valence-electron chi connectivity index (χ1n) is 5.34. The van der Waals surface area contributed by atoms with Crippen LogP contribution in [0.1, 0.15) is 6.92 Å². The molecule has 0 aliphatic rings. The van der Waals surface area contributed by atoms with Crippen molar-refractivity contribution in [3.8, 4) is 0 Å². The molecule has 0 saturated carbocycles. The monoisotopic (exact) mass is 271 g/mol. The number of hydrogen-bond acceptors (Lipinski definition) is 7. The summed E-state index contributed by atoms with van der Waals surface area (Å²) < 4.78 is 13.4. The van der Waals surface area contributed by atoms with Gasteiger partial charge in [0.25, 0.3) is 0 Å². The summed E-state index contributed by atoms with van der Waals surface area (Å²) in [5.74, 6) is -1.77. The Morgan fingerprint density at radius 3 is 2.11 bits per heavy atom. The van der Waals surface area contributed by atoms with Crippen molar-refractivity contribution in [2.24, 2.45) is 0 Å². The lowest BCUT2D eigenvalue weighted by atomic mass is 10.2. The summed E-state index contributed by atoms with van der Waals surface area (Å²) in [7, 11) is 3.67. The van der Waals surface area contributed by atoms with E-state index in [1.807, 2.05) is 0 Å². The Morgan fingerprint density at radius 1 is 1.00 bits per heavy atom. The van der Waals surface area contributed by atoms with Crippen molar-refractivity contribution in [1.82, 2.24) is 5.32 Å². The van der Waals surface area contributed by atoms with Crippen molar-refractivity contribution in [3.05, 3.63) is 23.9 Å². The van der Waals surface area contributed by atoms with Gasteiger partial charge in [-0.15, -0.1) is 0 Å². The molecule has 0 aliphatic heterocycles. The van der Waals surface area contributed by atoms with Crippen molar-refractivity contribution >= 4 is 17.9 Å². The van der Waals surface area contributed by atoms with Crippen molar-refractivity contribution in [1.29, 1.82) is 0 Å². The Balaban J connectivity index is 4.85. The zero-order valence-electron chi connectivity index (χ0n) is 11.3. The Labute approximate surface area is 111 Å². The molecule has 0 saturated heterocycles. The molecule has 0 aromatic rings. The third-order valence-electron chi connectivity index (χ3n) is 2.06. The highest BCUT2D eigenvalue weighted by Crippen LogP contribution is 2.00. The van der Waals surface area contributed by atoms with Gasteiger partial charge in [0.1, 0.15) is 6.04 Å². The second kappa shape index (κ2) is 8.73. The molecule has 0 spiro atoms. The molecule has 0 rings (SSSR count). The summed E-state index contributed by atoms with van der Waals surface area (Å²) >= 11 is 0. The highest BCUT2D eigenvalue weighted by Gasteiger charge is 2.12. The van der Waals surface area contributed by atoms with Crippen LogP contribution in [0.15, 0.2) is 23.9 Å². The van der Waals surface area contributed by atoms with E-state index in [0.29, 0.717) is 0 Å². The maximum Gasteiger partial charge on any atom is 0.339 e. The summed E-state index contributed by atoms with van der Waals surface area (Å²) in [4.78, 5) is 33.5. The van der Waals surface area contributed by atoms with E-state index in [9.17, 15) is 14.4 Å². The van der Waals surface area contributed by atoms with Gasteiger partial charge in [0.2, 0.25) is 0 Å². The number of esters is 3. The van der Waals surface area contributed by atoms with Crippen molar-refractivity contribution in [2.75, 3.05) is 21.3 Å². The number of hydrogen-bond donors (Lipinski definition) is 1. The van der Waals surface area contributed by atoms with Gasteiger partial charge in [-0.2, -0.15) is 0 Å². The summed E-state index contributed by atoms with van der Waals surface area (Å²) in [5, 5.41) is 2.65. The Kier molecular flexibility index (Phi) is 7.67. The van der Waals surface area contributed by atoms with Gasteiger partial charge in [0, 0.05) is 12.3 Å². The van der Waals surface area contributed by atoms with Gasteiger partial charge in [0.15, 0.2) is 0 Å². The summed E-state index contributed by atoms with van der Waals surface area (Å²) in [6.45, 7) is 1.56. The van der Waals surface area contributed by atoms with Gasteiger partial charge in [-0.1, -0.05) is 0 Å². The molecule has 0 bridgehead atoms. The fourth-order valence-corrected chi connectivity index (χ4v) is 0.978. The summed E-state index contributed by atoms with van der Waals surface area (Å²) in [6.07, 6.45) is 3.54. The first-order chi connectivity index (χ1) is 8.96. The van der Waals surface area contributed by atoms with Crippen LogP contribution in [0.3, 0.4) is 0 Å². The topological polar surface area (TPSA) is 90.9 Å². The van der Waals surface area contributed by atoms with Crippen molar-refractivity contribution in [2.45, 2.75) is 13.0 Å². The van der Waals surface area contributed by atoms with Gasteiger partial charge in [-0.3, -0.25) is 0 Å². The minimum absolute atomic E-state index is 0.0589. The lowest BCUT2D eigenvalue weighted by Crippen LogP contribution is -2.31. The molecule has 0 aromatic heterocycles. The molecular formula is C12H17NO6. The number of nitrogens with one attached hydrogen (secondary N) is 1. The van der Waals surface area contributed by atoms with Crippen LogP contribution in [-0.4, -0.2) is 45.3 Å². The third kappa shape index (κ3) is 6.25. The molecule has 1 atom stereocenters. The van der Waals surface area contributed by atoms with E-state index in [1.165, 1.54) is 33.6 Å². The zero-order valence-corrected chi connectivity index (χ0v) is 11.3. The number of methoxy groups -OCH3 is 3. The molecule has 106 valence electrons. The molecule has 0 aromatic carbocycles. The van der Waals surface area contributed by atoms with Crippen LogP contribution < -0.4 is 5.32 Å². The van der Waals surface area contributed by atoms with Crippen LogP contribution in [0.25, 0.3) is 0 Å². The maximum atomic E-state index is 11.4. The molecule has 0 unspecified atom stereocenters. The van der Waals surface area contributed by atoms with Crippen molar-refractivity contribution < 1.29 is 28.6 Å². The third-order valence-corrected chi connectivity index (χ3v) is 2.06. The molecule has 1 N–H and O–H groups in total. The lowest BCUT2D eigenvalue weighted by molar-refractivity contribution is -0.142. The first kappa shape index (κ1) is 16.7. The number of ether oxygens (including phenoxy) is 3. The van der Waals surface area contributed by atoms with E-state index in [2.05, 4.69) is 19.5 Å². The number of carbonyl (C=O) groups is 3. The zero-order chi connectivity index (χ0) is 14.8. The fraction of sp³-hybridized carbons (Fsp3) is 0.417. The molecule has 7 nitrogen and oxygen atoms in total. The van der Waals surface area contributed by atoms with E-state index >= 15 is 0 Å². The van der Waals surface area contributed by atoms with E-state index in [4.69, 9.17) is 0 Å². The highest BCUT2D eigenvalue weighted by molar-refractivity contribution is 5.93. The van der Waals surface area contributed by atoms with E-state index in [-0.39, 0.29) is 5.57 Å². The molecule has 7 heteroatoms. The average Bonchev–Trinajstić information content (AvgIpc) is 2.44. The predicted octanol–water partition coefficient (Wildman–Crippen LogP) is -0.0764. The normalized spacial score (nSPS) is 12.7. The predicted molar refractivity (Wildman–Crippen MR) is 65.9 cm³/mol. The Hall–Kier alpha value is -2.31. The molecule has 19 heavy (non-hydrogen) atoms. The SMILES string of the molecule is COC(=O)/C=C/C(=C/N[C@@H](C)C(=O)OC)C(=O)OC. The second-order valence-corrected chi connectivity index (χ2v) is 3.36. The molecule has 0 aliphatic carbocycles. The maximum absolute atomic E-state index is 11.4. The smallest absolute Gasteiger partial charge is 0.339 e. The van der Waals surface area contributed by atoms with Gasteiger partial charge in [-0.25, -0.2) is 14.4 Å². The van der Waals surface area contributed by atoms with Crippen molar-refractivity contribution in [3.63, 3.8) is 0 Å². The minimum Gasteiger partial charge on any atom is -0.467 e. The standard InChI is InChI=1S/C12H17NO6/c1-8(11(15)18-3)13-7-9(12(16)19-4)5-6-10(14)17-2/h5-8,13H,1-4H3/b6-5+,9-7-/t8-/m0/s1. The Bertz CT molecular complexity index is 399. The van der Waals surface area contributed by atoms with E-state index in [1.54, 1.807) is 6.92 Å². The summed E-state index contributed by atoms with van der Waals surface area (Å²) in [5.41, 5.74) is 0.0589. The van der Waals surface area contributed by atoms with Gasteiger partial charge >= 0.3 is 17.9 Å². The van der Waals surface area contributed by atoms with Crippen LogP contribution in [0.4, 0.5) is 0 Å². The Morgan fingerprint density at radius 2 is 1.63 bits per heavy atom. The largest absolute Gasteiger partial charge is 0.467 e. The molecule has 0 heterocycles. The van der Waals surface area contributed by atoms with Crippen LogP contribution in [0, 0.1) is 0 Å². The molecule has 0 fully saturated rings. The molecule has 0 radical (unpaired) electrons. The summed E-state index contributed by atoms with van der Waals surface area (Å²) in [6, 6.07) is -0.642.